The molecular formula is C14H21NO2. The second-order valence-corrected chi connectivity index (χ2v) is 4.24. The van der Waals surface area contributed by atoms with Crippen molar-refractivity contribution in [2.24, 2.45) is 0 Å². The molecular weight excluding hydrogens is 214 g/mol. The van der Waals surface area contributed by atoms with E-state index in [4.69, 9.17) is 4.74 Å². The monoisotopic (exact) mass is 235 g/mol. The van der Waals surface area contributed by atoms with E-state index < -0.39 is 0 Å². The van der Waals surface area contributed by atoms with Crippen molar-refractivity contribution in [3.8, 4) is 5.75 Å². The van der Waals surface area contributed by atoms with Crippen LogP contribution in [0.2, 0.25) is 0 Å². The van der Waals surface area contributed by atoms with E-state index in [1.807, 2.05) is 24.3 Å². The van der Waals surface area contributed by atoms with Gasteiger partial charge in [-0.1, -0.05) is 25.5 Å². The summed E-state index contributed by atoms with van der Waals surface area (Å²) in [6, 6.07) is 7.97. The van der Waals surface area contributed by atoms with Crippen molar-refractivity contribution in [1.29, 1.82) is 0 Å². The Morgan fingerprint density at radius 1 is 1.41 bits per heavy atom. The number of para-hydroxylation sites is 2. The number of ether oxygens (including phenoxy) is 1. The molecule has 0 aliphatic carbocycles. The van der Waals surface area contributed by atoms with Crippen LogP contribution in [0.1, 0.15) is 33.1 Å². The molecule has 0 amide bonds. The number of hydrogen-bond acceptors (Lipinski definition) is 3. The zero-order valence-electron chi connectivity index (χ0n) is 10.8. The van der Waals surface area contributed by atoms with Gasteiger partial charge in [-0.3, -0.25) is 4.79 Å². The van der Waals surface area contributed by atoms with E-state index in [0.717, 1.165) is 24.3 Å². The molecule has 1 unspecified atom stereocenters. The van der Waals surface area contributed by atoms with Crippen LogP contribution in [-0.4, -0.2) is 18.9 Å². The molecule has 1 atom stereocenters. The number of carbonyl (C=O) groups is 1. The molecule has 0 aromatic heterocycles. The predicted molar refractivity (Wildman–Crippen MR) is 70.6 cm³/mol. The number of Topliss-reactive ketones (excluding diaryl/α,β-unsaturated/α-hetero) is 1. The number of methoxy groups -OCH3 is 1. The van der Waals surface area contributed by atoms with Crippen LogP contribution in [0.4, 0.5) is 5.69 Å². The highest BCUT2D eigenvalue weighted by Crippen LogP contribution is 2.25. The zero-order valence-corrected chi connectivity index (χ0v) is 10.8. The fourth-order valence-electron chi connectivity index (χ4n) is 1.90. The fourth-order valence-corrected chi connectivity index (χ4v) is 1.90. The highest BCUT2D eigenvalue weighted by atomic mass is 16.5. The average Bonchev–Trinajstić information content (AvgIpc) is 2.29. The maximum atomic E-state index is 11.2. The van der Waals surface area contributed by atoms with Crippen molar-refractivity contribution in [2.45, 2.75) is 39.2 Å². The first kappa shape index (κ1) is 13.6. The van der Waals surface area contributed by atoms with Crippen molar-refractivity contribution in [3.05, 3.63) is 24.3 Å². The van der Waals surface area contributed by atoms with Crippen LogP contribution in [0.25, 0.3) is 0 Å². The highest BCUT2D eigenvalue weighted by molar-refractivity contribution is 5.76. The van der Waals surface area contributed by atoms with Crippen molar-refractivity contribution in [3.63, 3.8) is 0 Å². The largest absolute Gasteiger partial charge is 0.495 e. The summed E-state index contributed by atoms with van der Waals surface area (Å²) >= 11 is 0. The Kier molecular flexibility index (Phi) is 5.53. The second-order valence-electron chi connectivity index (χ2n) is 4.24. The first-order chi connectivity index (χ1) is 8.17. The lowest BCUT2D eigenvalue weighted by atomic mass is 10.1. The predicted octanol–water partition coefficient (Wildman–Crippen LogP) is 3.25. The highest BCUT2D eigenvalue weighted by Gasteiger charge is 2.12. The molecule has 0 radical (unpaired) electrons. The Bertz CT molecular complexity index is 363. The Morgan fingerprint density at radius 2 is 2.12 bits per heavy atom. The SMILES string of the molecule is CCCC(CC(C)=O)Nc1ccccc1OC. The standard InChI is InChI=1S/C14H21NO2/c1-4-7-12(10-11(2)16)15-13-8-5-6-9-14(13)17-3/h5-6,8-9,12,15H,4,7,10H2,1-3H3. The number of ketones is 1. The summed E-state index contributed by atoms with van der Waals surface area (Å²) in [7, 11) is 1.65. The van der Waals surface area contributed by atoms with Gasteiger partial charge in [0.25, 0.3) is 0 Å². The molecule has 0 heterocycles. The summed E-state index contributed by atoms with van der Waals surface area (Å²) in [5.74, 6) is 1.03. The van der Waals surface area contributed by atoms with Crippen LogP contribution < -0.4 is 10.1 Å². The second kappa shape index (κ2) is 6.94. The zero-order chi connectivity index (χ0) is 12.7. The molecule has 1 aromatic rings. The number of carbonyl (C=O) groups excluding carboxylic acids is 1. The molecule has 1 aromatic carbocycles. The summed E-state index contributed by atoms with van der Waals surface area (Å²) in [6.07, 6.45) is 2.60. The minimum atomic E-state index is 0.189. The number of hydrogen-bond donors (Lipinski definition) is 1. The molecule has 0 aliphatic heterocycles. The number of rotatable bonds is 7. The lowest BCUT2D eigenvalue weighted by molar-refractivity contribution is -0.117. The molecule has 0 aliphatic rings. The molecule has 0 spiro atoms. The van der Waals surface area contributed by atoms with E-state index in [-0.39, 0.29) is 11.8 Å². The van der Waals surface area contributed by atoms with E-state index in [1.165, 1.54) is 0 Å². The Balaban J connectivity index is 2.74. The third kappa shape index (κ3) is 4.47. The third-order valence-electron chi connectivity index (χ3n) is 2.64. The van der Waals surface area contributed by atoms with Gasteiger partial charge in [-0.2, -0.15) is 0 Å². The van der Waals surface area contributed by atoms with Crippen LogP contribution in [0, 0.1) is 0 Å². The van der Waals surface area contributed by atoms with E-state index in [2.05, 4.69) is 12.2 Å². The molecule has 1 N–H and O–H groups in total. The Morgan fingerprint density at radius 3 is 2.71 bits per heavy atom. The van der Waals surface area contributed by atoms with Crippen molar-refractivity contribution in [1.82, 2.24) is 0 Å². The molecule has 0 bridgehead atoms. The summed E-state index contributed by atoms with van der Waals surface area (Å²) in [6.45, 7) is 3.75. The van der Waals surface area contributed by atoms with Gasteiger partial charge in [0.15, 0.2) is 0 Å². The van der Waals surface area contributed by atoms with Gasteiger partial charge in [-0.25, -0.2) is 0 Å². The van der Waals surface area contributed by atoms with Gasteiger partial charge < -0.3 is 10.1 Å². The van der Waals surface area contributed by atoms with Gasteiger partial charge >= 0.3 is 0 Å². The van der Waals surface area contributed by atoms with Gasteiger partial charge in [0.2, 0.25) is 0 Å². The fraction of sp³-hybridized carbons (Fsp3) is 0.500. The topological polar surface area (TPSA) is 38.3 Å². The number of anilines is 1. The van der Waals surface area contributed by atoms with Crippen LogP contribution in [0.3, 0.4) is 0 Å². The van der Waals surface area contributed by atoms with Gasteiger partial charge in [-0.05, 0) is 25.5 Å². The van der Waals surface area contributed by atoms with Gasteiger partial charge in [0.1, 0.15) is 11.5 Å². The van der Waals surface area contributed by atoms with Crippen LogP contribution >= 0.6 is 0 Å². The van der Waals surface area contributed by atoms with Crippen molar-refractivity contribution >= 4 is 11.5 Å². The summed E-state index contributed by atoms with van der Waals surface area (Å²) in [5, 5.41) is 3.38. The molecule has 3 heteroatoms. The van der Waals surface area contributed by atoms with Crippen molar-refractivity contribution < 1.29 is 9.53 Å². The first-order valence-corrected chi connectivity index (χ1v) is 6.06. The lowest BCUT2D eigenvalue weighted by Crippen LogP contribution is -2.22. The molecule has 17 heavy (non-hydrogen) atoms. The molecule has 0 fully saturated rings. The molecule has 1 rings (SSSR count). The van der Waals surface area contributed by atoms with Gasteiger partial charge in [0.05, 0.1) is 12.8 Å². The van der Waals surface area contributed by atoms with Crippen LogP contribution in [-0.2, 0) is 4.79 Å². The quantitative estimate of drug-likeness (QED) is 0.788. The van der Waals surface area contributed by atoms with E-state index in [0.29, 0.717) is 6.42 Å². The molecule has 3 nitrogen and oxygen atoms in total. The Labute approximate surface area is 103 Å². The summed E-state index contributed by atoms with van der Waals surface area (Å²) in [5.41, 5.74) is 0.953. The van der Waals surface area contributed by atoms with Crippen LogP contribution in [0.5, 0.6) is 5.75 Å². The maximum absolute atomic E-state index is 11.2. The number of benzene rings is 1. The minimum Gasteiger partial charge on any atom is -0.495 e. The normalized spacial score (nSPS) is 11.9. The first-order valence-electron chi connectivity index (χ1n) is 6.06. The summed E-state index contributed by atoms with van der Waals surface area (Å²) in [4.78, 5) is 11.2. The van der Waals surface area contributed by atoms with Crippen LogP contribution in [0.15, 0.2) is 24.3 Å². The average molecular weight is 235 g/mol. The van der Waals surface area contributed by atoms with E-state index in [1.54, 1.807) is 14.0 Å². The van der Waals surface area contributed by atoms with E-state index in [9.17, 15) is 4.79 Å². The lowest BCUT2D eigenvalue weighted by Gasteiger charge is -2.19. The molecule has 0 saturated carbocycles. The summed E-state index contributed by atoms with van der Waals surface area (Å²) < 4.78 is 5.28. The van der Waals surface area contributed by atoms with Gasteiger partial charge in [-0.15, -0.1) is 0 Å². The molecule has 0 saturated heterocycles. The van der Waals surface area contributed by atoms with E-state index >= 15 is 0 Å². The molecule has 94 valence electrons. The van der Waals surface area contributed by atoms with Gasteiger partial charge in [0, 0.05) is 12.5 Å². The minimum absolute atomic E-state index is 0.189. The van der Waals surface area contributed by atoms with Crippen molar-refractivity contribution in [2.75, 3.05) is 12.4 Å². The maximum Gasteiger partial charge on any atom is 0.141 e. The number of nitrogens with one attached hydrogen (secondary N) is 1. The Hall–Kier alpha value is -1.51. The smallest absolute Gasteiger partial charge is 0.141 e. The third-order valence-corrected chi connectivity index (χ3v) is 2.64.